The topological polar surface area (TPSA) is 55.6 Å². The third-order valence-corrected chi connectivity index (χ3v) is 3.88. The van der Waals surface area contributed by atoms with E-state index in [-0.39, 0.29) is 17.0 Å². The molecule has 1 saturated heterocycles. The Kier molecular flexibility index (Phi) is 4.83. The predicted molar refractivity (Wildman–Crippen MR) is 84.3 cm³/mol. The lowest BCUT2D eigenvalue weighted by Crippen LogP contribution is -2.38. The zero-order valence-corrected chi connectivity index (χ0v) is 12.8. The molecule has 0 radical (unpaired) electrons. The van der Waals surface area contributed by atoms with Gasteiger partial charge in [-0.05, 0) is 31.9 Å². The fourth-order valence-corrected chi connectivity index (χ4v) is 3.08. The molecule has 0 spiro atoms. The predicted octanol–water partition coefficient (Wildman–Crippen LogP) is 2.51. The normalized spacial score (nSPS) is 18.1. The van der Waals surface area contributed by atoms with Crippen LogP contribution < -0.4 is 10.6 Å². The second-order valence-corrected chi connectivity index (χ2v) is 5.45. The highest BCUT2D eigenvalue weighted by Gasteiger charge is 2.33. The summed E-state index contributed by atoms with van der Waals surface area (Å²) in [7, 11) is 0. The lowest BCUT2D eigenvalue weighted by molar-refractivity contribution is -0.144. The van der Waals surface area contributed by atoms with Gasteiger partial charge in [-0.1, -0.05) is 29.9 Å². The second-order valence-electron chi connectivity index (χ2n) is 4.60. The van der Waals surface area contributed by atoms with Gasteiger partial charge in [0.25, 0.3) is 0 Å². The van der Waals surface area contributed by atoms with Crippen LogP contribution in [0, 0.1) is 0 Å². The molecular weight excluding hydrogens is 296 g/mol. The lowest BCUT2D eigenvalue weighted by Gasteiger charge is -2.27. The first-order chi connectivity index (χ1) is 9.56. The van der Waals surface area contributed by atoms with Crippen molar-refractivity contribution in [1.82, 2.24) is 0 Å². The first kappa shape index (κ1) is 15.1. The van der Waals surface area contributed by atoms with Crippen molar-refractivity contribution in [2.45, 2.75) is 25.8 Å². The van der Waals surface area contributed by atoms with Crippen LogP contribution in [0.5, 0.6) is 0 Å². The molecule has 20 heavy (non-hydrogen) atoms. The van der Waals surface area contributed by atoms with Crippen molar-refractivity contribution in [3.8, 4) is 0 Å². The van der Waals surface area contributed by atoms with Gasteiger partial charge in [-0.3, -0.25) is 0 Å². The number of halogens is 1. The van der Waals surface area contributed by atoms with Gasteiger partial charge < -0.3 is 15.4 Å². The van der Waals surface area contributed by atoms with Gasteiger partial charge in [0, 0.05) is 12.2 Å². The summed E-state index contributed by atoms with van der Waals surface area (Å²) < 4.78 is 5.13. The van der Waals surface area contributed by atoms with Crippen LogP contribution in [0.2, 0.25) is 5.02 Å². The van der Waals surface area contributed by atoms with E-state index in [0.29, 0.717) is 17.2 Å². The molecule has 6 heteroatoms. The summed E-state index contributed by atoms with van der Waals surface area (Å²) in [6.45, 7) is 2.94. The molecule has 108 valence electrons. The first-order valence-electron chi connectivity index (χ1n) is 6.57. The van der Waals surface area contributed by atoms with Crippen LogP contribution in [0.3, 0.4) is 0 Å². The number of thiocarbonyl (C=S) groups is 1. The highest BCUT2D eigenvalue weighted by Crippen LogP contribution is 2.33. The maximum absolute atomic E-state index is 12.0. The molecule has 0 saturated carbocycles. The molecule has 2 rings (SSSR count). The Labute approximate surface area is 128 Å². The molecule has 0 amide bonds. The summed E-state index contributed by atoms with van der Waals surface area (Å²) in [5.41, 5.74) is 7.20. The summed E-state index contributed by atoms with van der Waals surface area (Å²) in [5, 5.41) is 0.504. The van der Waals surface area contributed by atoms with E-state index in [9.17, 15) is 4.79 Å². The first-order valence-corrected chi connectivity index (χ1v) is 7.36. The van der Waals surface area contributed by atoms with Crippen molar-refractivity contribution in [1.29, 1.82) is 0 Å². The molecule has 1 atom stereocenters. The molecule has 0 aliphatic carbocycles. The van der Waals surface area contributed by atoms with Crippen LogP contribution in [0.25, 0.3) is 0 Å². The number of hydrogen-bond acceptors (Lipinski definition) is 4. The van der Waals surface area contributed by atoms with Crippen molar-refractivity contribution >= 4 is 40.5 Å². The monoisotopic (exact) mass is 312 g/mol. The molecule has 1 aliphatic heterocycles. The number of nitrogens with two attached hydrogens (primary N) is 1. The largest absolute Gasteiger partial charge is 0.464 e. The number of carbonyl (C=O) groups is 1. The minimum Gasteiger partial charge on any atom is -0.464 e. The standard InChI is InChI=1S/C14H17ClN2O2S/c1-2-19-14(18)11-7-4-8-17(11)10-6-3-5-9(15)12(10)13(16)20/h3,5-6,11H,2,4,7-8H2,1H3,(H2,16,20). The third kappa shape index (κ3) is 2.88. The minimum absolute atomic E-state index is 0.209. The van der Waals surface area contributed by atoms with Crippen molar-refractivity contribution in [3.63, 3.8) is 0 Å². The van der Waals surface area contributed by atoms with Crippen molar-refractivity contribution in [2.75, 3.05) is 18.1 Å². The van der Waals surface area contributed by atoms with Gasteiger partial charge in [0.05, 0.1) is 17.2 Å². The maximum Gasteiger partial charge on any atom is 0.328 e. The zero-order valence-electron chi connectivity index (χ0n) is 11.3. The van der Waals surface area contributed by atoms with Crippen molar-refractivity contribution in [3.05, 3.63) is 28.8 Å². The molecule has 1 fully saturated rings. The van der Waals surface area contributed by atoms with E-state index in [0.717, 1.165) is 25.1 Å². The Morgan fingerprint density at radius 2 is 2.35 bits per heavy atom. The lowest BCUT2D eigenvalue weighted by atomic mass is 10.1. The summed E-state index contributed by atoms with van der Waals surface area (Å²) in [4.78, 5) is 14.3. The van der Waals surface area contributed by atoms with Crippen LogP contribution in [0.15, 0.2) is 18.2 Å². The van der Waals surface area contributed by atoms with E-state index in [1.807, 2.05) is 17.0 Å². The Hall–Kier alpha value is -1.33. The fraction of sp³-hybridized carbons (Fsp3) is 0.429. The number of hydrogen-bond donors (Lipinski definition) is 1. The number of ether oxygens (including phenoxy) is 1. The van der Waals surface area contributed by atoms with Crippen molar-refractivity contribution in [2.24, 2.45) is 5.73 Å². The molecule has 1 aliphatic rings. The summed E-state index contributed by atoms with van der Waals surface area (Å²) >= 11 is 11.3. The molecule has 1 aromatic carbocycles. The summed E-state index contributed by atoms with van der Waals surface area (Å²) in [5.74, 6) is -0.209. The minimum atomic E-state index is -0.290. The molecule has 1 aromatic rings. The van der Waals surface area contributed by atoms with Gasteiger partial charge in [-0.2, -0.15) is 0 Å². The molecule has 1 unspecified atom stereocenters. The SMILES string of the molecule is CCOC(=O)C1CCCN1c1cccc(Cl)c1C(N)=S. The number of esters is 1. The van der Waals surface area contributed by atoms with Crippen LogP contribution in [0.1, 0.15) is 25.3 Å². The number of carbonyl (C=O) groups excluding carboxylic acids is 1. The number of nitrogens with zero attached hydrogens (tertiary/aromatic N) is 1. The van der Waals surface area contributed by atoms with E-state index >= 15 is 0 Å². The smallest absolute Gasteiger partial charge is 0.328 e. The van der Waals surface area contributed by atoms with Gasteiger partial charge in [-0.25, -0.2) is 4.79 Å². The third-order valence-electron chi connectivity index (χ3n) is 3.36. The number of rotatable bonds is 4. The summed E-state index contributed by atoms with van der Waals surface area (Å²) in [6.07, 6.45) is 1.69. The Morgan fingerprint density at radius 3 is 3.00 bits per heavy atom. The fourth-order valence-electron chi connectivity index (χ4n) is 2.53. The van der Waals surface area contributed by atoms with E-state index in [1.54, 1.807) is 13.0 Å². The molecule has 0 aromatic heterocycles. The van der Waals surface area contributed by atoms with E-state index in [4.69, 9.17) is 34.3 Å². The Balaban J connectivity index is 2.38. The van der Waals surface area contributed by atoms with Crippen LogP contribution in [-0.2, 0) is 9.53 Å². The summed E-state index contributed by atoms with van der Waals surface area (Å²) in [6, 6.07) is 5.17. The quantitative estimate of drug-likeness (QED) is 0.684. The average Bonchev–Trinajstić information content (AvgIpc) is 2.87. The zero-order chi connectivity index (χ0) is 14.7. The highest BCUT2D eigenvalue weighted by atomic mass is 35.5. The Bertz CT molecular complexity index is 536. The van der Waals surface area contributed by atoms with E-state index in [1.165, 1.54) is 0 Å². The Morgan fingerprint density at radius 1 is 1.60 bits per heavy atom. The maximum atomic E-state index is 12.0. The van der Waals surface area contributed by atoms with Gasteiger partial charge in [0.1, 0.15) is 11.0 Å². The van der Waals surface area contributed by atoms with Crippen molar-refractivity contribution < 1.29 is 9.53 Å². The van der Waals surface area contributed by atoms with Crippen LogP contribution in [-0.4, -0.2) is 30.2 Å². The number of anilines is 1. The van der Waals surface area contributed by atoms with Crippen LogP contribution >= 0.6 is 23.8 Å². The second kappa shape index (κ2) is 6.41. The molecule has 4 nitrogen and oxygen atoms in total. The van der Waals surface area contributed by atoms with Gasteiger partial charge in [0.15, 0.2) is 0 Å². The molecule has 0 bridgehead atoms. The molecular formula is C14H17ClN2O2S. The average molecular weight is 313 g/mol. The van der Waals surface area contributed by atoms with Gasteiger partial charge in [-0.15, -0.1) is 0 Å². The van der Waals surface area contributed by atoms with Gasteiger partial charge >= 0.3 is 5.97 Å². The van der Waals surface area contributed by atoms with E-state index < -0.39 is 0 Å². The highest BCUT2D eigenvalue weighted by molar-refractivity contribution is 7.80. The molecule has 2 N–H and O–H groups in total. The van der Waals surface area contributed by atoms with Crippen LogP contribution in [0.4, 0.5) is 5.69 Å². The van der Waals surface area contributed by atoms with E-state index in [2.05, 4.69) is 0 Å². The van der Waals surface area contributed by atoms with Gasteiger partial charge in [0.2, 0.25) is 0 Å². The number of benzene rings is 1. The molecule has 1 heterocycles.